The van der Waals surface area contributed by atoms with Crippen molar-refractivity contribution in [3.05, 3.63) is 77.1 Å². The summed E-state index contributed by atoms with van der Waals surface area (Å²) in [5.41, 5.74) is 1.59. The number of carbonyl (C=O) groups excluding carboxylic acids is 2. The van der Waals surface area contributed by atoms with Crippen molar-refractivity contribution in [2.45, 2.75) is 62.8 Å². The fraction of sp³-hybridized carbons (Fsp3) is 0.387. The molecule has 1 fully saturated rings. The Bertz CT molecular complexity index is 1740. The predicted molar refractivity (Wildman–Crippen MR) is 170 cm³/mol. The lowest BCUT2D eigenvalue weighted by molar-refractivity contribution is -0.138. The Hall–Kier alpha value is -4.96. The summed E-state index contributed by atoms with van der Waals surface area (Å²) < 4.78 is 34.1. The number of hydrogen-bond donors (Lipinski definition) is 5. The van der Waals surface area contributed by atoms with Gasteiger partial charge in [-0.05, 0) is 37.5 Å². The summed E-state index contributed by atoms with van der Waals surface area (Å²) >= 11 is 0. The van der Waals surface area contributed by atoms with E-state index in [9.17, 15) is 27.9 Å². The summed E-state index contributed by atoms with van der Waals surface area (Å²) in [7, 11) is -4.23. The first-order chi connectivity index (χ1) is 22.4. The zero-order valence-corrected chi connectivity index (χ0v) is 27.0. The van der Waals surface area contributed by atoms with Gasteiger partial charge >= 0.3 is 12.1 Å². The first-order valence-electron chi connectivity index (χ1n) is 14.9. The number of carboxylic acid groups (broad SMARTS) is 1. The number of aliphatic carboxylic acids is 1. The maximum absolute atomic E-state index is 13.2. The number of nitrogens with zero attached hydrogens (tertiary/aromatic N) is 3. The van der Waals surface area contributed by atoms with Gasteiger partial charge in [-0.25, -0.2) is 18.2 Å². The van der Waals surface area contributed by atoms with E-state index in [2.05, 4.69) is 30.5 Å². The monoisotopic (exact) mass is 667 g/mol. The fourth-order valence-corrected chi connectivity index (χ4v) is 7.61. The Balaban J connectivity index is 1.22. The SMILES string of the molecule is Cc1cc(C)c(S(=O)(=O)N[C@@H](CNC(=O)C2=NO[C@]3(C2)C[C@@H](CNc2ncc[nH]2)N(C(=O)OCc2ccccc2)C3)C(=O)O)c(C)c1. The second-order valence-corrected chi connectivity index (χ2v) is 13.4. The van der Waals surface area contributed by atoms with Crippen molar-refractivity contribution < 1.29 is 37.5 Å². The second-order valence-electron chi connectivity index (χ2n) is 11.8. The van der Waals surface area contributed by atoms with Crippen LogP contribution in [0.3, 0.4) is 0 Å². The molecular formula is C31H37N7O8S. The second kappa shape index (κ2) is 13.8. The number of H-pyrrole nitrogens is 1. The third-order valence-electron chi connectivity index (χ3n) is 7.99. The van der Waals surface area contributed by atoms with E-state index in [1.54, 1.807) is 38.4 Å². The number of carbonyl (C=O) groups is 3. The van der Waals surface area contributed by atoms with Gasteiger partial charge in [-0.1, -0.05) is 53.2 Å². The summed E-state index contributed by atoms with van der Waals surface area (Å²) in [5.74, 6) is -1.67. The Morgan fingerprint density at radius 2 is 1.89 bits per heavy atom. The third kappa shape index (κ3) is 7.89. The molecule has 1 spiro atoms. The number of hydrogen-bond acceptors (Lipinski definition) is 10. The van der Waals surface area contributed by atoms with E-state index in [0.29, 0.717) is 30.0 Å². The van der Waals surface area contributed by atoms with Crippen LogP contribution in [0, 0.1) is 20.8 Å². The number of carboxylic acids is 1. The van der Waals surface area contributed by atoms with Crippen molar-refractivity contribution in [1.82, 2.24) is 24.9 Å². The molecule has 47 heavy (non-hydrogen) atoms. The Labute approximate surface area is 271 Å². The first-order valence-corrected chi connectivity index (χ1v) is 16.4. The molecule has 15 nitrogen and oxygen atoms in total. The molecule has 0 saturated carbocycles. The third-order valence-corrected chi connectivity index (χ3v) is 9.76. The van der Waals surface area contributed by atoms with Crippen molar-refractivity contribution in [2.24, 2.45) is 5.16 Å². The number of ether oxygens (including phenoxy) is 1. The van der Waals surface area contributed by atoms with Crippen LogP contribution in [0.25, 0.3) is 0 Å². The number of rotatable bonds is 12. The van der Waals surface area contributed by atoms with Gasteiger partial charge in [-0.3, -0.25) is 14.5 Å². The molecule has 5 rings (SSSR count). The summed E-state index contributed by atoms with van der Waals surface area (Å²) in [6.07, 6.45) is 3.04. The number of sulfonamides is 1. The zero-order chi connectivity index (χ0) is 33.8. The van der Waals surface area contributed by atoms with Crippen LogP contribution in [0.15, 0.2) is 64.9 Å². The topological polar surface area (TPSA) is 204 Å². The van der Waals surface area contributed by atoms with Crippen LogP contribution in [-0.4, -0.2) is 89.4 Å². The first kappa shape index (κ1) is 33.4. The molecule has 3 aromatic rings. The van der Waals surface area contributed by atoms with Gasteiger partial charge in [0.2, 0.25) is 10.0 Å². The predicted octanol–water partition coefficient (Wildman–Crippen LogP) is 2.22. The molecule has 3 heterocycles. The number of aromatic amines is 1. The number of aromatic nitrogens is 2. The van der Waals surface area contributed by atoms with Crippen LogP contribution in [-0.2, 0) is 35.8 Å². The normalized spacial score (nSPS) is 19.6. The van der Waals surface area contributed by atoms with Gasteiger partial charge < -0.3 is 30.3 Å². The molecule has 2 aliphatic heterocycles. The molecule has 3 atom stereocenters. The molecule has 250 valence electrons. The number of amides is 2. The maximum Gasteiger partial charge on any atom is 0.410 e. The smallest absolute Gasteiger partial charge is 0.410 e. The van der Waals surface area contributed by atoms with Gasteiger partial charge in [0.1, 0.15) is 18.4 Å². The molecule has 2 amide bonds. The van der Waals surface area contributed by atoms with Crippen LogP contribution in [0.4, 0.5) is 10.7 Å². The van der Waals surface area contributed by atoms with Crippen molar-refractivity contribution in [1.29, 1.82) is 0 Å². The Morgan fingerprint density at radius 3 is 2.55 bits per heavy atom. The maximum atomic E-state index is 13.2. The number of anilines is 1. The number of likely N-dealkylation sites (tertiary alicyclic amines) is 1. The van der Waals surface area contributed by atoms with Crippen LogP contribution in [0.5, 0.6) is 0 Å². The van der Waals surface area contributed by atoms with Crippen molar-refractivity contribution in [3.8, 4) is 0 Å². The number of benzene rings is 2. The summed E-state index contributed by atoms with van der Waals surface area (Å²) in [6.45, 7) is 5.01. The highest BCUT2D eigenvalue weighted by molar-refractivity contribution is 7.89. The lowest BCUT2D eigenvalue weighted by Crippen LogP contribution is -2.49. The summed E-state index contributed by atoms with van der Waals surface area (Å²) in [6, 6.07) is 10.6. The largest absolute Gasteiger partial charge is 0.480 e. The molecule has 2 aliphatic rings. The minimum atomic E-state index is -4.23. The molecule has 0 radical (unpaired) electrons. The van der Waals surface area contributed by atoms with Gasteiger partial charge in [-0.15, -0.1) is 0 Å². The van der Waals surface area contributed by atoms with Crippen molar-refractivity contribution >= 4 is 39.7 Å². The van der Waals surface area contributed by atoms with Crippen LogP contribution in [0.2, 0.25) is 0 Å². The van der Waals surface area contributed by atoms with Crippen molar-refractivity contribution in [2.75, 3.05) is 25.0 Å². The molecule has 0 aliphatic carbocycles. The lowest BCUT2D eigenvalue weighted by atomic mass is 9.94. The Morgan fingerprint density at radius 1 is 1.17 bits per heavy atom. The van der Waals surface area contributed by atoms with Gasteiger partial charge in [-0.2, -0.15) is 4.72 Å². The average Bonchev–Trinajstić information content (AvgIpc) is 3.77. The lowest BCUT2D eigenvalue weighted by Gasteiger charge is -2.24. The van der Waals surface area contributed by atoms with E-state index in [1.165, 1.54) is 4.90 Å². The molecular weight excluding hydrogens is 630 g/mol. The van der Waals surface area contributed by atoms with Crippen LogP contribution >= 0.6 is 0 Å². The quantitative estimate of drug-likeness (QED) is 0.191. The van der Waals surface area contributed by atoms with Crippen molar-refractivity contribution in [3.63, 3.8) is 0 Å². The zero-order valence-electron chi connectivity index (χ0n) is 26.1. The molecule has 16 heteroatoms. The van der Waals surface area contributed by atoms with E-state index in [-0.39, 0.29) is 30.2 Å². The molecule has 1 saturated heterocycles. The molecule has 5 N–H and O–H groups in total. The molecule has 0 bridgehead atoms. The standard InChI is InChI=1S/C31H37N7O8S/c1-19-11-20(2)26(21(3)12-19)47(43,44)37-25(28(40)41)16-34-27(39)24-14-31(46-36-24)13-23(15-35-29-32-9-10-33-29)38(18-31)30(42)45-17-22-7-5-4-6-8-22/h4-12,23,25,37H,13-18H2,1-3H3,(H,34,39)(H,40,41)(H2,32,33,35)/t23-,25-,31-/m0/s1. The average molecular weight is 668 g/mol. The van der Waals surface area contributed by atoms with E-state index >= 15 is 0 Å². The highest BCUT2D eigenvalue weighted by Crippen LogP contribution is 2.38. The fourth-order valence-electron chi connectivity index (χ4n) is 5.97. The van der Waals surface area contributed by atoms with Crippen LogP contribution < -0.4 is 15.4 Å². The molecule has 0 unspecified atom stereocenters. The number of oxime groups is 1. The van der Waals surface area contributed by atoms with Gasteiger partial charge in [0.15, 0.2) is 11.5 Å². The van der Waals surface area contributed by atoms with E-state index in [4.69, 9.17) is 9.57 Å². The Kier molecular flexibility index (Phi) is 9.81. The van der Waals surface area contributed by atoms with Crippen LogP contribution in [0.1, 0.15) is 35.1 Å². The van der Waals surface area contributed by atoms with Gasteiger partial charge in [0.05, 0.1) is 17.5 Å². The van der Waals surface area contributed by atoms with Gasteiger partial charge in [0.25, 0.3) is 5.91 Å². The summed E-state index contributed by atoms with van der Waals surface area (Å²) in [5, 5.41) is 19.4. The number of aryl methyl sites for hydroxylation is 3. The highest BCUT2D eigenvalue weighted by Gasteiger charge is 2.53. The molecule has 1 aromatic heterocycles. The van der Waals surface area contributed by atoms with E-state index in [1.807, 2.05) is 37.3 Å². The van der Waals surface area contributed by atoms with E-state index < -0.39 is 52.2 Å². The number of nitrogens with one attached hydrogen (secondary N) is 4. The molecule has 2 aromatic carbocycles. The minimum Gasteiger partial charge on any atom is -0.480 e. The minimum absolute atomic E-state index is 0.0136. The van der Waals surface area contributed by atoms with Gasteiger partial charge in [0, 0.05) is 38.3 Å². The van der Waals surface area contributed by atoms with E-state index in [0.717, 1.165) is 11.1 Å². The number of imidazole rings is 1. The highest BCUT2D eigenvalue weighted by atomic mass is 32.2. The summed E-state index contributed by atoms with van der Waals surface area (Å²) in [4.78, 5) is 52.7.